The Balaban J connectivity index is 1.70. The molecule has 4 nitrogen and oxygen atoms in total. The standard InChI is InChI=1S/C27H24BrClN4S/c1-16-7-10-20(29)15-24(16)32-17(2)14-22(18(32)3)26-25(23-6-4-5-13-30-23)31-27(34)33(26)21-11-8-19(28)9-12-21/h4-15,25-26H,1-3H3,(H,31,34)/t25-,26-/m1/s1. The van der Waals surface area contributed by atoms with E-state index in [-0.39, 0.29) is 12.1 Å². The van der Waals surface area contributed by atoms with E-state index in [1.165, 1.54) is 11.1 Å². The van der Waals surface area contributed by atoms with Crippen molar-refractivity contribution in [2.75, 3.05) is 4.90 Å². The molecule has 3 heterocycles. The molecule has 172 valence electrons. The van der Waals surface area contributed by atoms with E-state index in [0.29, 0.717) is 5.11 Å². The molecule has 0 aliphatic carbocycles. The summed E-state index contributed by atoms with van der Waals surface area (Å²) in [5.41, 5.74) is 7.75. The number of nitrogens with one attached hydrogen (secondary N) is 1. The number of pyridine rings is 1. The molecule has 7 heteroatoms. The van der Waals surface area contributed by atoms with Crippen LogP contribution in [0.4, 0.5) is 5.69 Å². The Morgan fingerprint density at radius 2 is 1.76 bits per heavy atom. The van der Waals surface area contributed by atoms with Crippen LogP contribution in [-0.4, -0.2) is 14.7 Å². The van der Waals surface area contributed by atoms with Crippen LogP contribution in [0.25, 0.3) is 5.69 Å². The van der Waals surface area contributed by atoms with E-state index >= 15 is 0 Å². The van der Waals surface area contributed by atoms with Crippen molar-refractivity contribution in [1.82, 2.24) is 14.9 Å². The highest BCUT2D eigenvalue weighted by atomic mass is 79.9. The summed E-state index contributed by atoms with van der Waals surface area (Å²) < 4.78 is 3.31. The molecule has 2 aromatic carbocycles. The normalized spacial score (nSPS) is 17.8. The first-order chi connectivity index (χ1) is 16.3. The quantitative estimate of drug-likeness (QED) is 0.268. The minimum absolute atomic E-state index is 0.0667. The second-order valence-corrected chi connectivity index (χ2v) is 10.3. The number of rotatable bonds is 4. The molecule has 1 aliphatic rings. The van der Waals surface area contributed by atoms with Gasteiger partial charge in [-0.2, -0.15) is 0 Å². The van der Waals surface area contributed by atoms with E-state index in [0.717, 1.165) is 38.0 Å². The highest BCUT2D eigenvalue weighted by Gasteiger charge is 2.42. The van der Waals surface area contributed by atoms with Gasteiger partial charge in [0.1, 0.15) is 0 Å². The Kier molecular flexibility index (Phi) is 6.23. The molecule has 0 saturated carbocycles. The van der Waals surface area contributed by atoms with Crippen LogP contribution in [0.3, 0.4) is 0 Å². The molecule has 0 unspecified atom stereocenters. The zero-order chi connectivity index (χ0) is 24.0. The summed E-state index contributed by atoms with van der Waals surface area (Å²) in [5.74, 6) is 0. The highest BCUT2D eigenvalue weighted by Crippen LogP contribution is 2.44. The number of thiocarbonyl (C=S) groups is 1. The molecule has 0 radical (unpaired) electrons. The fourth-order valence-electron chi connectivity index (χ4n) is 4.83. The third kappa shape index (κ3) is 4.04. The van der Waals surface area contributed by atoms with Gasteiger partial charge in [-0.05, 0) is 98.7 Å². The molecule has 2 aromatic heterocycles. The second-order valence-electron chi connectivity index (χ2n) is 8.57. The van der Waals surface area contributed by atoms with Crippen LogP contribution in [0, 0.1) is 20.8 Å². The number of aromatic nitrogens is 2. The maximum absolute atomic E-state index is 6.38. The van der Waals surface area contributed by atoms with Crippen LogP contribution in [0.2, 0.25) is 5.02 Å². The van der Waals surface area contributed by atoms with Crippen LogP contribution >= 0.6 is 39.7 Å². The van der Waals surface area contributed by atoms with Gasteiger partial charge in [-0.1, -0.05) is 39.7 Å². The fourth-order valence-corrected chi connectivity index (χ4v) is 5.61. The predicted octanol–water partition coefficient (Wildman–Crippen LogP) is 7.39. The zero-order valence-electron chi connectivity index (χ0n) is 19.1. The van der Waals surface area contributed by atoms with E-state index < -0.39 is 0 Å². The molecule has 2 atom stereocenters. The molecular formula is C27H24BrClN4S. The third-order valence-electron chi connectivity index (χ3n) is 6.40. The largest absolute Gasteiger partial charge is 0.351 e. The molecule has 1 fully saturated rings. The average molecular weight is 552 g/mol. The molecule has 0 amide bonds. The van der Waals surface area contributed by atoms with Gasteiger partial charge in [0.25, 0.3) is 0 Å². The molecular weight excluding hydrogens is 528 g/mol. The Hall–Kier alpha value is -2.67. The lowest BCUT2D eigenvalue weighted by molar-refractivity contribution is 0.565. The van der Waals surface area contributed by atoms with Gasteiger partial charge in [-0.15, -0.1) is 0 Å². The summed E-state index contributed by atoms with van der Waals surface area (Å²) in [4.78, 5) is 6.88. The summed E-state index contributed by atoms with van der Waals surface area (Å²) in [6, 6.07) is 22.4. The number of benzene rings is 2. The second kappa shape index (κ2) is 9.17. The van der Waals surface area contributed by atoms with Crippen molar-refractivity contribution in [1.29, 1.82) is 0 Å². The Bertz CT molecular complexity index is 1370. The van der Waals surface area contributed by atoms with Gasteiger partial charge >= 0.3 is 0 Å². The molecule has 34 heavy (non-hydrogen) atoms. The molecule has 1 aliphatic heterocycles. The summed E-state index contributed by atoms with van der Waals surface area (Å²) in [6.07, 6.45) is 1.83. The lowest BCUT2D eigenvalue weighted by Gasteiger charge is -2.28. The molecule has 5 rings (SSSR count). The van der Waals surface area contributed by atoms with Crippen LogP contribution in [-0.2, 0) is 0 Å². The summed E-state index contributed by atoms with van der Waals surface area (Å²) >= 11 is 15.8. The van der Waals surface area contributed by atoms with Crippen molar-refractivity contribution >= 4 is 50.5 Å². The van der Waals surface area contributed by atoms with Crippen molar-refractivity contribution < 1.29 is 0 Å². The first-order valence-electron chi connectivity index (χ1n) is 11.1. The Morgan fingerprint density at radius 3 is 2.47 bits per heavy atom. The topological polar surface area (TPSA) is 33.1 Å². The third-order valence-corrected chi connectivity index (χ3v) is 7.48. The zero-order valence-corrected chi connectivity index (χ0v) is 22.2. The van der Waals surface area contributed by atoms with Gasteiger partial charge in [-0.3, -0.25) is 4.98 Å². The summed E-state index contributed by atoms with van der Waals surface area (Å²) in [5, 5.41) is 4.96. The first-order valence-corrected chi connectivity index (χ1v) is 12.6. The molecule has 0 bridgehead atoms. The number of hydrogen-bond donors (Lipinski definition) is 1. The summed E-state index contributed by atoms with van der Waals surface area (Å²) in [7, 11) is 0. The average Bonchev–Trinajstić information content (AvgIpc) is 3.32. The van der Waals surface area contributed by atoms with E-state index in [1.807, 2.05) is 42.6 Å². The van der Waals surface area contributed by atoms with Gasteiger partial charge in [0.2, 0.25) is 0 Å². The monoisotopic (exact) mass is 550 g/mol. The Labute approximate surface area is 218 Å². The predicted molar refractivity (Wildman–Crippen MR) is 147 cm³/mol. The van der Waals surface area contributed by atoms with Crippen molar-refractivity contribution in [3.63, 3.8) is 0 Å². The van der Waals surface area contributed by atoms with Crippen molar-refractivity contribution in [2.24, 2.45) is 0 Å². The number of nitrogens with zero attached hydrogens (tertiary/aromatic N) is 3. The van der Waals surface area contributed by atoms with Gasteiger partial charge in [0, 0.05) is 38.5 Å². The van der Waals surface area contributed by atoms with Crippen molar-refractivity contribution in [3.05, 3.63) is 111 Å². The number of aryl methyl sites for hydroxylation is 2. The molecule has 4 aromatic rings. The number of anilines is 1. The van der Waals surface area contributed by atoms with Crippen molar-refractivity contribution in [3.8, 4) is 5.69 Å². The maximum atomic E-state index is 6.38. The smallest absolute Gasteiger partial charge is 0.174 e. The minimum atomic E-state index is -0.0910. The highest BCUT2D eigenvalue weighted by molar-refractivity contribution is 9.10. The van der Waals surface area contributed by atoms with E-state index in [9.17, 15) is 0 Å². The lowest BCUT2D eigenvalue weighted by Crippen LogP contribution is -2.29. The van der Waals surface area contributed by atoms with Crippen LogP contribution in [0.5, 0.6) is 0 Å². The lowest BCUT2D eigenvalue weighted by atomic mass is 9.96. The van der Waals surface area contributed by atoms with Gasteiger partial charge in [0.05, 0.1) is 17.8 Å². The Morgan fingerprint density at radius 1 is 1.00 bits per heavy atom. The minimum Gasteiger partial charge on any atom is -0.351 e. The van der Waals surface area contributed by atoms with Gasteiger partial charge in [-0.25, -0.2) is 0 Å². The molecule has 1 saturated heterocycles. The van der Waals surface area contributed by atoms with Gasteiger partial charge in [0.15, 0.2) is 5.11 Å². The number of hydrogen-bond acceptors (Lipinski definition) is 2. The van der Waals surface area contributed by atoms with Crippen molar-refractivity contribution in [2.45, 2.75) is 32.9 Å². The first kappa shape index (κ1) is 23.1. The number of halogens is 2. The van der Waals surface area contributed by atoms with Crippen LogP contribution < -0.4 is 10.2 Å². The van der Waals surface area contributed by atoms with Gasteiger partial charge < -0.3 is 14.8 Å². The molecule has 1 N–H and O–H groups in total. The van der Waals surface area contributed by atoms with E-state index in [1.54, 1.807) is 0 Å². The van der Waals surface area contributed by atoms with E-state index in [2.05, 4.69) is 86.8 Å². The van der Waals surface area contributed by atoms with Crippen LogP contribution in [0.15, 0.2) is 77.4 Å². The fraction of sp³-hybridized carbons (Fsp3) is 0.185. The summed E-state index contributed by atoms with van der Waals surface area (Å²) in [6.45, 7) is 6.41. The van der Waals surface area contributed by atoms with E-state index in [4.69, 9.17) is 23.8 Å². The maximum Gasteiger partial charge on any atom is 0.174 e. The molecule has 0 spiro atoms. The van der Waals surface area contributed by atoms with Crippen LogP contribution in [0.1, 0.15) is 40.3 Å². The SMILES string of the molecule is Cc1ccc(Cl)cc1-n1c(C)cc([C@@H]2[C@@H](c3ccccn3)NC(=S)N2c2ccc(Br)cc2)c1C.